The molecular weight excluding hydrogens is 1020 g/mol. The first-order valence-electron chi connectivity index (χ1n) is 36.1. The van der Waals surface area contributed by atoms with E-state index in [9.17, 15) is 14.4 Å². The van der Waals surface area contributed by atoms with Crippen LogP contribution in [0.4, 0.5) is 0 Å². The largest absolute Gasteiger partial charge is 0.462 e. The maximum Gasteiger partial charge on any atom is 0.309 e. The molecule has 1 atom stereocenters. The molecule has 0 bridgehead atoms. The maximum absolute atomic E-state index is 13.0. The zero-order valence-electron chi connectivity index (χ0n) is 55.2. The summed E-state index contributed by atoms with van der Waals surface area (Å²) in [6, 6.07) is 0. The average Bonchev–Trinajstić information content (AvgIpc) is 3.49. The first-order chi connectivity index (χ1) is 41.0. The van der Waals surface area contributed by atoms with Gasteiger partial charge in [-0.3, -0.25) is 14.4 Å². The van der Waals surface area contributed by atoms with Crippen LogP contribution < -0.4 is 0 Å². The highest BCUT2D eigenvalue weighted by atomic mass is 16.6. The van der Waals surface area contributed by atoms with Crippen LogP contribution in [-0.2, 0) is 28.6 Å². The van der Waals surface area contributed by atoms with E-state index in [-0.39, 0.29) is 31.6 Å². The summed E-state index contributed by atoms with van der Waals surface area (Å²) in [6.45, 7) is 6.48. The molecule has 0 aliphatic carbocycles. The predicted octanol–water partition coefficient (Wildman–Crippen LogP) is 25.0. The Hall–Kier alpha value is -3.41. The van der Waals surface area contributed by atoms with Gasteiger partial charge in [0, 0.05) is 12.8 Å². The number of carbonyl (C=O) groups is 3. The standard InChI is InChI=1S/C77H136O6/c1-4-7-10-13-16-19-22-25-28-30-32-34-36-37-38-39-41-42-44-46-49-52-55-58-61-64-67-70-76(79)82-73-74(72-81-75(78)69-66-63-60-57-54-51-48-27-24-21-18-15-12-9-6-3)83-77(80)71-68-65-62-59-56-53-50-47-45-43-40-35-33-31-29-26-23-20-17-14-11-8-5-2/h9,12,18,21,23,26-27,31,33,48,54,57,63,66,74H,4-8,10-11,13-17,19-20,22,24-25,28-30,32,34-47,49-53,55-56,58-62,64-65,67-73H2,1-3H3/b12-9-,21-18-,26-23-,33-31-,48-27-,57-54-,66-63-. The zero-order chi connectivity index (χ0) is 59.9. The summed E-state index contributed by atoms with van der Waals surface area (Å²) in [7, 11) is 0. The summed E-state index contributed by atoms with van der Waals surface area (Å²) in [5.74, 6) is -1.02. The van der Waals surface area contributed by atoms with E-state index >= 15 is 0 Å². The van der Waals surface area contributed by atoms with Crippen molar-refractivity contribution in [2.24, 2.45) is 0 Å². The molecule has 0 amide bonds. The van der Waals surface area contributed by atoms with Gasteiger partial charge in [0.25, 0.3) is 0 Å². The molecule has 0 rings (SSSR count). The van der Waals surface area contributed by atoms with Crippen molar-refractivity contribution in [1.82, 2.24) is 0 Å². The second-order valence-electron chi connectivity index (χ2n) is 24.1. The van der Waals surface area contributed by atoms with E-state index in [0.717, 1.165) is 77.0 Å². The van der Waals surface area contributed by atoms with Crippen LogP contribution in [0.25, 0.3) is 0 Å². The molecule has 0 saturated carbocycles. The molecule has 6 heteroatoms. The Morgan fingerprint density at radius 1 is 0.265 bits per heavy atom. The molecule has 0 aliphatic heterocycles. The second-order valence-corrected chi connectivity index (χ2v) is 24.1. The Morgan fingerprint density at radius 2 is 0.518 bits per heavy atom. The fourth-order valence-corrected chi connectivity index (χ4v) is 10.6. The van der Waals surface area contributed by atoms with Crippen LogP contribution in [-0.4, -0.2) is 37.2 Å². The lowest BCUT2D eigenvalue weighted by Gasteiger charge is -2.18. The van der Waals surface area contributed by atoms with Crippen LogP contribution in [0, 0.1) is 0 Å². The Kier molecular flexibility index (Phi) is 68.2. The van der Waals surface area contributed by atoms with E-state index in [0.29, 0.717) is 12.8 Å². The molecule has 1 unspecified atom stereocenters. The summed E-state index contributed by atoms with van der Waals surface area (Å²) < 4.78 is 16.9. The molecule has 0 heterocycles. The van der Waals surface area contributed by atoms with Gasteiger partial charge in [-0.1, -0.05) is 356 Å². The molecular formula is C77H136O6. The maximum atomic E-state index is 13.0. The van der Waals surface area contributed by atoms with E-state index in [4.69, 9.17) is 14.2 Å². The fourth-order valence-electron chi connectivity index (χ4n) is 10.6. The fraction of sp³-hybridized carbons (Fsp3) is 0.779. The van der Waals surface area contributed by atoms with Crippen LogP contribution in [0.5, 0.6) is 0 Å². The minimum Gasteiger partial charge on any atom is -0.462 e. The molecule has 0 aromatic rings. The number of unbranched alkanes of at least 4 members (excludes halogenated alkanes) is 42. The smallest absolute Gasteiger partial charge is 0.309 e. The van der Waals surface area contributed by atoms with Crippen molar-refractivity contribution in [3.8, 4) is 0 Å². The van der Waals surface area contributed by atoms with E-state index in [1.807, 2.05) is 12.2 Å². The van der Waals surface area contributed by atoms with Crippen molar-refractivity contribution in [2.45, 2.75) is 374 Å². The second kappa shape index (κ2) is 71.1. The first kappa shape index (κ1) is 79.6. The monoisotopic (exact) mass is 1160 g/mol. The van der Waals surface area contributed by atoms with Gasteiger partial charge in [0.2, 0.25) is 0 Å². The van der Waals surface area contributed by atoms with Crippen molar-refractivity contribution >= 4 is 17.9 Å². The predicted molar refractivity (Wildman–Crippen MR) is 362 cm³/mol. The van der Waals surface area contributed by atoms with Gasteiger partial charge in [-0.15, -0.1) is 0 Å². The van der Waals surface area contributed by atoms with E-state index in [1.165, 1.54) is 250 Å². The number of hydrogen-bond acceptors (Lipinski definition) is 6. The highest BCUT2D eigenvalue weighted by Gasteiger charge is 2.19. The number of carbonyl (C=O) groups excluding carboxylic acids is 3. The summed E-state index contributed by atoms with van der Waals surface area (Å²) in [6.07, 6.45) is 95.1. The number of hydrogen-bond donors (Lipinski definition) is 0. The number of ether oxygens (including phenoxy) is 3. The van der Waals surface area contributed by atoms with Crippen LogP contribution in [0.3, 0.4) is 0 Å². The molecule has 0 N–H and O–H groups in total. The SMILES string of the molecule is CC/C=C\C/C=C\C/C=C\C/C=C\C/C=C\CC(=O)OCC(COC(=O)CCCCCCCCCCCCCCCCCCCCCCCCCCCCC)OC(=O)CCCCCCCCCCCCC/C=C\C/C=C\CCCCCCC. The minimum absolute atomic E-state index is 0.104. The van der Waals surface area contributed by atoms with Gasteiger partial charge >= 0.3 is 17.9 Å². The molecule has 83 heavy (non-hydrogen) atoms. The van der Waals surface area contributed by atoms with Crippen LogP contribution in [0.2, 0.25) is 0 Å². The number of rotatable bonds is 66. The first-order valence-corrected chi connectivity index (χ1v) is 36.1. The van der Waals surface area contributed by atoms with Gasteiger partial charge in [-0.25, -0.2) is 0 Å². The lowest BCUT2D eigenvalue weighted by molar-refractivity contribution is -0.166. The molecule has 0 aromatic carbocycles. The van der Waals surface area contributed by atoms with Gasteiger partial charge < -0.3 is 14.2 Å². The Morgan fingerprint density at radius 3 is 0.843 bits per heavy atom. The Labute approximate surface area is 515 Å². The lowest BCUT2D eigenvalue weighted by Crippen LogP contribution is -2.30. The van der Waals surface area contributed by atoms with E-state index < -0.39 is 12.1 Å². The van der Waals surface area contributed by atoms with Gasteiger partial charge in [0.1, 0.15) is 13.2 Å². The molecule has 480 valence electrons. The van der Waals surface area contributed by atoms with Gasteiger partial charge in [0.15, 0.2) is 6.10 Å². The lowest BCUT2D eigenvalue weighted by atomic mass is 10.0. The van der Waals surface area contributed by atoms with Crippen molar-refractivity contribution in [2.75, 3.05) is 13.2 Å². The average molecular weight is 1160 g/mol. The van der Waals surface area contributed by atoms with Crippen molar-refractivity contribution in [1.29, 1.82) is 0 Å². The summed E-state index contributed by atoms with van der Waals surface area (Å²) in [5, 5.41) is 0. The zero-order valence-corrected chi connectivity index (χ0v) is 55.2. The molecule has 0 spiro atoms. The van der Waals surface area contributed by atoms with Crippen molar-refractivity contribution in [3.63, 3.8) is 0 Å². The van der Waals surface area contributed by atoms with E-state index in [1.54, 1.807) is 0 Å². The Bertz CT molecular complexity index is 1570. The molecule has 0 aromatic heterocycles. The van der Waals surface area contributed by atoms with Gasteiger partial charge in [-0.05, 0) is 77.0 Å². The van der Waals surface area contributed by atoms with Crippen molar-refractivity contribution in [3.05, 3.63) is 85.1 Å². The third kappa shape index (κ3) is 69.3. The van der Waals surface area contributed by atoms with Gasteiger partial charge in [0.05, 0.1) is 6.42 Å². The molecule has 0 fully saturated rings. The minimum atomic E-state index is -0.819. The van der Waals surface area contributed by atoms with Gasteiger partial charge in [-0.2, -0.15) is 0 Å². The van der Waals surface area contributed by atoms with Crippen molar-refractivity contribution < 1.29 is 28.6 Å². The summed E-state index contributed by atoms with van der Waals surface area (Å²) >= 11 is 0. The third-order valence-electron chi connectivity index (χ3n) is 15.9. The number of esters is 3. The number of allylic oxidation sites excluding steroid dienone is 13. The quantitative estimate of drug-likeness (QED) is 0.0261. The Balaban J connectivity index is 4.32. The molecule has 0 saturated heterocycles. The van der Waals surface area contributed by atoms with E-state index in [2.05, 4.69) is 93.7 Å². The normalized spacial score (nSPS) is 12.6. The molecule has 0 aliphatic rings. The third-order valence-corrected chi connectivity index (χ3v) is 15.9. The highest BCUT2D eigenvalue weighted by molar-refractivity contribution is 5.72. The highest BCUT2D eigenvalue weighted by Crippen LogP contribution is 2.18. The summed E-state index contributed by atoms with van der Waals surface area (Å²) in [4.78, 5) is 38.4. The van der Waals surface area contributed by atoms with Crippen LogP contribution in [0.1, 0.15) is 367 Å². The van der Waals surface area contributed by atoms with Crippen LogP contribution >= 0.6 is 0 Å². The van der Waals surface area contributed by atoms with Crippen LogP contribution in [0.15, 0.2) is 85.1 Å². The summed E-state index contributed by atoms with van der Waals surface area (Å²) in [5.41, 5.74) is 0. The topological polar surface area (TPSA) is 78.9 Å². The molecule has 6 nitrogen and oxygen atoms in total. The molecule has 0 radical (unpaired) electrons.